The number of ether oxygens (including phenoxy) is 2. The number of fused-ring (bicyclic) bond motifs is 3. The molecule has 23 heavy (non-hydrogen) atoms. The molecule has 2 aliphatic rings. The van der Waals surface area contributed by atoms with Gasteiger partial charge in [-0.05, 0) is 54.3 Å². The number of nitrogens with zero attached hydrogens (tertiary/aromatic N) is 1. The first-order chi connectivity index (χ1) is 15.6. The Balaban J connectivity index is 1.97. The highest BCUT2D eigenvalue weighted by molar-refractivity contribution is 5.49. The molecule has 4 atom stereocenters. The molecule has 1 unspecified atom stereocenters. The molecule has 0 spiro atoms. The molecule has 1 aromatic rings. The zero-order valence-corrected chi connectivity index (χ0v) is 12.9. The first-order valence-corrected chi connectivity index (χ1v) is 7.61. The van der Waals surface area contributed by atoms with Crippen molar-refractivity contribution in [3.63, 3.8) is 0 Å². The normalized spacial score (nSPS) is 40.0. The molecule has 2 heterocycles. The molecule has 0 aromatic heterocycles. The highest BCUT2D eigenvalue weighted by Gasteiger charge is 2.38. The van der Waals surface area contributed by atoms with Gasteiger partial charge in [0.25, 0.3) is 0 Å². The zero-order valence-electron chi connectivity index (χ0n) is 24.9. The fraction of sp³-hybridized carbons (Fsp3) is 0.684. The summed E-state index contributed by atoms with van der Waals surface area (Å²) >= 11 is 0. The van der Waals surface area contributed by atoms with Crippen LogP contribution in [0.2, 0.25) is 0 Å². The van der Waals surface area contributed by atoms with Crippen LogP contribution in [0, 0.1) is 11.8 Å². The van der Waals surface area contributed by atoms with Crippen molar-refractivity contribution >= 4 is 0 Å². The van der Waals surface area contributed by atoms with Gasteiger partial charge in [0.1, 0.15) is 0 Å². The zero-order chi connectivity index (χ0) is 26.8. The van der Waals surface area contributed by atoms with E-state index in [1.165, 1.54) is 12.1 Å². The Morgan fingerprint density at radius 1 is 1.43 bits per heavy atom. The minimum Gasteiger partial charge on any atom is -0.493 e. The van der Waals surface area contributed by atoms with Crippen molar-refractivity contribution in [2.24, 2.45) is 11.8 Å². The predicted octanol–water partition coefficient (Wildman–Crippen LogP) is 3.03. The molecule has 128 valence electrons. The average molecular weight is 332 g/mol. The molecular weight excluding hydrogens is 290 g/mol. The van der Waals surface area contributed by atoms with Crippen LogP contribution in [0.15, 0.2) is 12.1 Å². The fourth-order valence-electron chi connectivity index (χ4n) is 3.60. The Hall–Kier alpha value is -1.26. The second kappa shape index (κ2) is 6.70. The van der Waals surface area contributed by atoms with Crippen LogP contribution in [-0.4, -0.2) is 43.3 Å². The monoisotopic (exact) mass is 331 g/mol. The third-order valence-corrected chi connectivity index (χ3v) is 4.66. The van der Waals surface area contributed by atoms with Gasteiger partial charge in [0.05, 0.1) is 28.4 Å². The maximum atomic E-state index is 10.9. The summed E-state index contributed by atoms with van der Waals surface area (Å²) in [5, 5.41) is 10.9. The number of hydrogen-bond donors (Lipinski definition) is 1. The van der Waals surface area contributed by atoms with Gasteiger partial charge >= 0.3 is 0 Å². The van der Waals surface area contributed by atoms with E-state index in [9.17, 15) is 5.11 Å². The first-order valence-electron chi connectivity index (χ1n) is 13.6. The molecule has 1 N–H and O–H groups in total. The van der Waals surface area contributed by atoms with Gasteiger partial charge < -0.3 is 14.6 Å². The van der Waals surface area contributed by atoms with E-state index in [4.69, 9.17) is 25.9 Å². The third kappa shape index (κ3) is 3.20. The first kappa shape index (κ1) is 7.32. The molecule has 1 fully saturated rings. The molecule has 1 saturated heterocycles. The standard InChI is InChI=1S/C19H29NO3/c1-12(2)7-14-11-20-6-5-13-8-18(22-3)19(23-4)9-15(13)16(20)10-17(14)21/h8-9,12,14,16-17,21H,5-7,10-11H2,1-4H3/t14-,16-,17+/m0/s1/i1D3,3D3,4D3,7D2,12D/t12?,14-,16-,17+. The molecule has 1 aromatic carbocycles. The van der Waals surface area contributed by atoms with Crippen molar-refractivity contribution in [3.05, 3.63) is 23.3 Å². The third-order valence-electron chi connectivity index (χ3n) is 4.66. The van der Waals surface area contributed by atoms with Crippen molar-refractivity contribution in [3.8, 4) is 11.5 Å². The minimum atomic E-state index is -2.91. The molecule has 0 saturated carbocycles. The molecule has 0 bridgehead atoms. The van der Waals surface area contributed by atoms with Crippen molar-refractivity contribution in [1.82, 2.24) is 4.90 Å². The lowest BCUT2D eigenvalue weighted by atomic mass is 9.79. The Morgan fingerprint density at radius 3 is 2.96 bits per heavy atom. The summed E-state index contributed by atoms with van der Waals surface area (Å²) in [7, 11) is -5.72. The van der Waals surface area contributed by atoms with Crippen LogP contribution in [0.25, 0.3) is 0 Å². The van der Waals surface area contributed by atoms with Crippen LogP contribution in [0.5, 0.6) is 11.5 Å². The SMILES string of the molecule is [2H]C([2H])([2H])Oc1cc2c(cc1OC([2H])([2H])[2H])[C@@H]1C[C@@H](O)[C@@H](C([2H])([2H])C([2H])(C)C([2H])([2H])[2H])CN1CC2. The van der Waals surface area contributed by atoms with Gasteiger partial charge in [0.2, 0.25) is 0 Å². The second-order valence-electron chi connectivity index (χ2n) is 6.14. The molecule has 2 aliphatic heterocycles. The maximum absolute atomic E-state index is 10.9. The summed E-state index contributed by atoms with van der Waals surface area (Å²) in [5.41, 5.74) is 1.25. The van der Waals surface area contributed by atoms with Crippen LogP contribution in [-0.2, 0) is 6.42 Å². The van der Waals surface area contributed by atoms with E-state index < -0.39 is 51.3 Å². The van der Waals surface area contributed by atoms with E-state index >= 15 is 0 Å². The van der Waals surface area contributed by atoms with E-state index in [0.29, 0.717) is 24.1 Å². The molecule has 4 heteroatoms. The predicted molar refractivity (Wildman–Crippen MR) is 91.1 cm³/mol. The van der Waals surface area contributed by atoms with E-state index in [0.717, 1.165) is 6.92 Å². The van der Waals surface area contributed by atoms with E-state index in [-0.39, 0.29) is 24.5 Å². The van der Waals surface area contributed by atoms with Gasteiger partial charge in [0, 0.05) is 27.4 Å². The summed E-state index contributed by atoms with van der Waals surface area (Å²) in [6, 6.07) is 2.30. The number of aliphatic hydroxyl groups is 1. The smallest absolute Gasteiger partial charge is 0.161 e. The highest BCUT2D eigenvalue weighted by Crippen LogP contribution is 2.43. The van der Waals surface area contributed by atoms with Crippen molar-refractivity contribution in [2.45, 2.75) is 45.1 Å². The minimum absolute atomic E-state index is 0.000932. The van der Waals surface area contributed by atoms with Crippen molar-refractivity contribution in [1.29, 1.82) is 0 Å². The van der Waals surface area contributed by atoms with Crippen LogP contribution < -0.4 is 9.47 Å². The molecule has 0 radical (unpaired) electrons. The summed E-state index contributed by atoms with van der Waals surface area (Å²) in [6.45, 7) is -1.53. The second-order valence-corrected chi connectivity index (χ2v) is 6.14. The summed E-state index contributed by atoms with van der Waals surface area (Å²) in [5.74, 6) is -4.16. The van der Waals surface area contributed by atoms with Crippen LogP contribution in [0.3, 0.4) is 0 Å². The van der Waals surface area contributed by atoms with Gasteiger partial charge in [-0.2, -0.15) is 0 Å². The largest absolute Gasteiger partial charge is 0.493 e. The molecule has 0 aliphatic carbocycles. The van der Waals surface area contributed by atoms with Crippen molar-refractivity contribution < 1.29 is 31.0 Å². The van der Waals surface area contributed by atoms with Crippen LogP contribution in [0.4, 0.5) is 0 Å². The number of benzene rings is 1. The Kier molecular flexibility index (Phi) is 2.13. The number of aliphatic hydroxyl groups excluding tert-OH is 1. The fourth-order valence-corrected chi connectivity index (χ4v) is 3.60. The quantitative estimate of drug-likeness (QED) is 0.921. The summed E-state index contributed by atoms with van der Waals surface area (Å²) in [4.78, 5) is 1.86. The summed E-state index contributed by atoms with van der Waals surface area (Å²) in [6.07, 6.45) is -3.44. The van der Waals surface area contributed by atoms with Crippen LogP contribution in [0.1, 0.15) is 60.2 Å². The molecule has 4 nitrogen and oxygen atoms in total. The van der Waals surface area contributed by atoms with Gasteiger partial charge in [0.15, 0.2) is 11.5 Å². The number of hydrogen-bond acceptors (Lipinski definition) is 4. The van der Waals surface area contributed by atoms with E-state index in [1.807, 2.05) is 4.90 Å². The van der Waals surface area contributed by atoms with Crippen LogP contribution >= 0.6 is 0 Å². The lowest BCUT2D eigenvalue weighted by Gasteiger charge is -2.46. The van der Waals surface area contributed by atoms with Gasteiger partial charge in [-0.25, -0.2) is 0 Å². The number of methoxy groups -OCH3 is 2. The Bertz CT molecular complexity index is 941. The molecule has 3 rings (SSSR count). The maximum Gasteiger partial charge on any atom is 0.161 e. The Morgan fingerprint density at radius 2 is 2.22 bits per heavy atom. The molecule has 0 amide bonds. The van der Waals surface area contributed by atoms with Gasteiger partial charge in [-0.1, -0.05) is 13.8 Å². The molecular formula is C19H29NO3. The Labute approximate surface area is 156 Å². The lowest BCUT2D eigenvalue weighted by molar-refractivity contribution is -0.0191. The van der Waals surface area contributed by atoms with E-state index in [1.54, 1.807) is 0 Å². The topological polar surface area (TPSA) is 41.9 Å². The van der Waals surface area contributed by atoms with Crippen molar-refractivity contribution in [2.75, 3.05) is 27.2 Å². The average Bonchev–Trinajstić information content (AvgIpc) is 2.64. The highest BCUT2D eigenvalue weighted by atomic mass is 16.5. The van der Waals surface area contributed by atoms with Gasteiger partial charge in [-0.3, -0.25) is 4.90 Å². The van der Waals surface area contributed by atoms with E-state index in [2.05, 4.69) is 0 Å². The summed E-state index contributed by atoms with van der Waals surface area (Å²) < 4.78 is 102. The number of piperidine rings is 1. The number of rotatable bonds is 4. The van der Waals surface area contributed by atoms with Gasteiger partial charge in [-0.15, -0.1) is 0 Å². The lowest BCUT2D eigenvalue weighted by Crippen LogP contribution is -2.48.